The third-order valence-electron chi connectivity index (χ3n) is 5.30. The Hall–Kier alpha value is -3.70. The largest absolute Gasteiger partial charge is 0.395 e. The predicted molar refractivity (Wildman–Crippen MR) is 138 cm³/mol. The monoisotopic (exact) mass is 510 g/mol. The minimum Gasteiger partial charge on any atom is -0.395 e. The van der Waals surface area contributed by atoms with E-state index < -0.39 is 23.4 Å². The molecular weight excluding hydrogens is 484 g/mol. The molecule has 0 saturated heterocycles. The molecule has 0 saturated carbocycles. The molecule has 0 bridgehead atoms. The van der Waals surface area contributed by atoms with E-state index in [4.69, 9.17) is 11.5 Å². The molecule has 4 aromatic rings. The summed E-state index contributed by atoms with van der Waals surface area (Å²) in [4.78, 5) is 45.0. The molecule has 3 aromatic heterocycles. The normalized spacial score (nSPS) is 12.4. The van der Waals surface area contributed by atoms with E-state index in [1.54, 1.807) is 6.20 Å². The molecule has 1 atom stereocenters. The van der Waals surface area contributed by atoms with Gasteiger partial charge in [0, 0.05) is 33.1 Å². The molecule has 0 fully saturated rings. The third kappa shape index (κ3) is 5.05. The van der Waals surface area contributed by atoms with Crippen LogP contribution in [0.3, 0.4) is 0 Å². The Morgan fingerprint density at radius 1 is 1.17 bits per heavy atom. The average molecular weight is 511 g/mol. The number of benzene rings is 1. The number of carbonyl (C=O) groups is 3. The summed E-state index contributed by atoms with van der Waals surface area (Å²) in [6.07, 6.45) is 1.75. The van der Waals surface area contributed by atoms with Gasteiger partial charge in [-0.25, -0.2) is 0 Å². The number of amides is 3. The van der Waals surface area contributed by atoms with Gasteiger partial charge in [-0.3, -0.25) is 14.4 Å². The van der Waals surface area contributed by atoms with Crippen molar-refractivity contribution in [3.05, 3.63) is 69.0 Å². The number of rotatable bonds is 7. The maximum absolute atomic E-state index is 13.9. The van der Waals surface area contributed by atoms with E-state index >= 15 is 0 Å². The molecule has 4 rings (SSSR count). The highest BCUT2D eigenvalue weighted by Crippen LogP contribution is 2.34. The second-order valence-corrected chi connectivity index (χ2v) is 10.9. The number of hydrogen-bond acceptors (Lipinski definition) is 7. The summed E-state index contributed by atoms with van der Waals surface area (Å²) >= 11 is 2.26. The minimum atomic E-state index is -0.987. The van der Waals surface area contributed by atoms with Gasteiger partial charge >= 0.3 is 0 Å². The maximum Gasteiger partial charge on any atom is 0.270 e. The Bertz CT molecular complexity index is 1380. The van der Waals surface area contributed by atoms with E-state index in [0.717, 1.165) is 27.3 Å². The van der Waals surface area contributed by atoms with Gasteiger partial charge in [0.2, 0.25) is 5.91 Å². The van der Waals surface area contributed by atoms with Gasteiger partial charge in [-0.05, 0) is 49.8 Å². The van der Waals surface area contributed by atoms with Crippen molar-refractivity contribution in [2.75, 3.05) is 5.73 Å². The fourth-order valence-electron chi connectivity index (χ4n) is 3.82. The Morgan fingerprint density at radius 3 is 2.54 bits per heavy atom. The van der Waals surface area contributed by atoms with Crippen molar-refractivity contribution in [3.8, 4) is 0 Å². The number of nitrogens with zero attached hydrogens (tertiary/aromatic N) is 2. The lowest BCUT2D eigenvalue weighted by molar-refractivity contribution is -0.127. The molecule has 3 amide bonds. The number of nitrogens with two attached hydrogens (primary N) is 2. The first-order valence-electron chi connectivity index (χ1n) is 10.8. The van der Waals surface area contributed by atoms with Crippen LogP contribution >= 0.6 is 22.9 Å². The number of nitrogen functional groups attached to an aromatic ring is 1. The molecule has 11 heteroatoms. The van der Waals surface area contributed by atoms with Crippen molar-refractivity contribution < 1.29 is 14.4 Å². The smallest absolute Gasteiger partial charge is 0.270 e. The highest BCUT2D eigenvalue weighted by Gasteiger charge is 2.37. The highest BCUT2D eigenvalue weighted by atomic mass is 32.1. The van der Waals surface area contributed by atoms with Crippen molar-refractivity contribution in [1.82, 2.24) is 19.6 Å². The minimum absolute atomic E-state index is 0.0590. The molecule has 182 valence electrons. The molecular formula is C24H26N6O3S2. The topological polar surface area (TPSA) is 147 Å². The number of para-hydroxylation sites is 1. The van der Waals surface area contributed by atoms with Crippen molar-refractivity contribution in [1.29, 1.82) is 0 Å². The Morgan fingerprint density at radius 2 is 1.91 bits per heavy atom. The predicted octanol–water partition coefficient (Wildman–Crippen LogP) is 3.67. The quantitative estimate of drug-likeness (QED) is 0.299. The van der Waals surface area contributed by atoms with E-state index in [1.807, 2.05) is 62.5 Å². The van der Waals surface area contributed by atoms with Crippen LogP contribution in [-0.4, -0.2) is 37.5 Å². The van der Waals surface area contributed by atoms with Crippen molar-refractivity contribution in [2.45, 2.75) is 38.9 Å². The summed E-state index contributed by atoms with van der Waals surface area (Å²) < 4.78 is 3.98. The summed E-state index contributed by atoms with van der Waals surface area (Å²) in [5.74, 6) is -1.67. The highest BCUT2D eigenvalue weighted by molar-refractivity contribution is 7.10. The Labute approximate surface area is 210 Å². The number of primary amides is 1. The van der Waals surface area contributed by atoms with Gasteiger partial charge in [0.15, 0.2) is 5.69 Å². The molecule has 0 spiro atoms. The molecule has 3 heterocycles. The number of carbonyl (C=O) groups excluding carboxylic acids is 3. The first-order chi connectivity index (χ1) is 16.6. The second-order valence-electron chi connectivity index (χ2n) is 9.08. The van der Waals surface area contributed by atoms with Gasteiger partial charge in [-0.15, -0.1) is 11.3 Å². The molecule has 0 unspecified atom stereocenters. The lowest BCUT2D eigenvalue weighted by Gasteiger charge is -2.33. The lowest BCUT2D eigenvalue weighted by Crippen LogP contribution is -2.49. The van der Waals surface area contributed by atoms with Crippen LogP contribution < -0.4 is 16.8 Å². The summed E-state index contributed by atoms with van der Waals surface area (Å²) in [5.41, 5.74) is 12.2. The number of hydrogen-bond donors (Lipinski definition) is 4. The summed E-state index contributed by atoms with van der Waals surface area (Å²) in [7, 11) is 0. The van der Waals surface area contributed by atoms with Gasteiger partial charge in [0.1, 0.15) is 10.9 Å². The van der Waals surface area contributed by atoms with Crippen molar-refractivity contribution in [2.24, 2.45) is 5.73 Å². The number of aromatic nitrogens is 2. The van der Waals surface area contributed by atoms with Crippen LogP contribution in [0.25, 0.3) is 10.9 Å². The fourth-order valence-corrected chi connectivity index (χ4v) is 5.28. The summed E-state index contributed by atoms with van der Waals surface area (Å²) in [6.45, 7) is 5.79. The van der Waals surface area contributed by atoms with Crippen molar-refractivity contribution >= 4 is 57.2 Å². The zero-order valence-corrected chi connectivity index (χ0v) is 21.1. The Kier molecular flexibility index (Phi) is 6.64. The number of aromatic amines is 1. The van der Waals surface area contributed by atoms with E-state index in [2.05, 4.69) is 14.7 Å². The van der Waals surface area contributed by atoms with Crippen LogP contribution in [0.5, 0.6) is 0 Å². The van der Waals surface area contributed by atoms with E-state index in [9.17, 15) is 14.4 Å². The fraction of sp³-hybridized carbons (Fsp3) is 0.250. The zero-order valence-electron chi connectivity index (χ0n) is 19.5. The maximum atomic E-state index is 13.9. The number of anilines is 1. The molecule has 0 aliphatic rings. The van der Waals surface area contributed by atoms with Crippen LogP contribution in [0.15, 0.2) is 48.0 Å². The number of nitrogens with one attached hydrogen (secondary N) is 2. The second kappa shape index (κ2) is 9.51. The molecule has 0 aliphatic heterocycles. The molecule has 0 aliphatic carbocycles. The van der Waals surface area contributed by atoms with Crippen LogP contribution in [0.1, 0.15) is 57.4 Å². The first kappa shape index (κ1) is 24.4. The molecule has 0 radical (unpaired) electrons. The Balaban J connectivity index is 1.88. The molecule has 9 nitrogen and oxygen atoms in total. The van der Waals surface area contributed by atoms with Crippen LogP contribution in [0, 0.1) is 0 Å². The van der Waals surface area contributed by atoms with Crippen LogP contribution in [0.4, 0.5) is 5.69 Å². The number of H-pyrrole nitrogens is 1. The number of fused-ring (bicyclic) bond motifs is 1. The standard InChI is InChI=1S/C24H26N6O3S2/c1-24(2,3)28-22(32)19(15-11-27-16-9-5-4-8-14(15)16)30(12-13-7-6-10-34-13)23(33)20-17(25)18(21(26)31)29-35-20/h4-11,19,27H,12,25H2,1-3H3,(H2,26,31)(H,28,32)/t19-/m1/s1. The SMILES string of the molecule is CC(C)(C)NC(=O)[C@@H](c1c[nH]c2ccccc12)N(Cc1cccs1)C(=O)c1snc(C(N)=O)c1N. The van der Waals surface area contributed by atoms with Crippen LogP contribution in [-0.2, 0) is 11.3 Å². The van der Waals surface area contributed by atoms with Gasteiger partial charge in [0.25, 0.3) is 11.8 Å². The van der Waals surface area contributed by atoms with Gasteiger partial charge in [-0.1, -0.05) is 24.3 Å². The number of thiophene rings is 1. The van der Waals surface area contributed by atoms with Gasteiger partial charge < -0.3 is 26.7 Å². The van der Waals surface area contributed by atoms with Crippen molar-refractivity contribution in [3.63, 3.8) is 0 Å². The molecule has 6 N–H and O–H groups in total. The van der Waals surface area contributed by atoms with E-state index in [1.165, 1.54) is 16.2 Å². The molecule has 35 heavy (non-hydrogen) atoms. The van der Waals surface area contributed by atoms with Gasteiger partial charge in [0.05, 0.1) is 12.2 Å². The van der Waals surface area contributed by atoms with Gasteiger partial charge in [-0.2, -0.15) is 4.37 Å². The van der Waals surface area contributed by atoms with E-state index in [0.29, 0.717) is 5.56 Å². The molecule has 1 aromatic carbocycles. The third-order valence-corrected chi connectivity index (χ3v) is 7.01. The van der Waals surface area contributed by atoms with E-state index in [-0.39, 0.29) is 28.7 Å². The first-order valence-corrected chi connectivity index (χ1v) is 12.5. The summed E-state index contributed by atoms with van der Waals surface area (Å²) in [6, 6.07) is 10.4. The lowest BCUT2D eigenvalue weighted by atomic mass is 10.0. The zero-order chi connectivity index (χ0) is 25.3. The average Bonchev–Trinajstić information content (AvgIpc) is 3.52. The summed E-state index contributed by atoms with van der Waals surface area (Å²) in [5, 5.41) is 5.74. The van der Waals surface area contributed by atoms with Crippen LogP contribution in [0.2, 0.25) is 0 Å².